The molecule has 0 bridgehead atoms. The third-order valence-electron chi connectivity index (χ3n) is 1.82. The lowest BCUT2D eigenvalue weighted by Crippen LogP contribution is -1.98. The number of furan rings is 1. The highest BCUT2D eigenvalue weighted by atomic mass is 16.3. The van der Waals surface area contributed by atoms with Crippen LogP contribution in [0.5, 0.6) is 0 Å². The van der Waals surface area contributed by atoms with Crippen LogP contribution >= 0.6 is 0 Å². The van der Waals surface area contributed by atoms with E-state index < -0.39 is 0 Å². The van der Waals surface area contributed by atoms with E-state index in [1.54, 1.807) is 6.26 Å². The molecule has 3 heteroatoms. The van der Waals surface area contributed by atoms with Gasteiger partial charge in [0.1, 0.15) is 5.76 Å². The number of carbonyl (C=O) groups excluding carboxylic acids is 1. The number of isocyanates is 1. The van der Waals surface area contributed by atoms with Crippen LogP contribution in [0.2, 0.25) is 0 Å². The molecule has 0 fully saturated rings. The first-order valence-corrected chi connectivity index (χ1v) is 4.02. The fourth-order valence-electron chi connectivity index (χ4n) is 0.899. The predicted octanol–water partition coefficient (Wildman–Crippen LogP) is 2.41. The molecule has 0 saturated heterocycles. The number of hydrogen-bond donors (Lipinski definition) is 0. The van der Waals surface area contributed by atoms with Crippen LogP contribution in [0.3, 0.4) is 0 Å². The zero-order valence-electron chi connectivity index (χ0n) is 7.65. The van der Waals surface area contributed by atoms with E-state index in [0.29, 0.717) is 0 Å². The molecule has 0 saturated carbocycles. The summed E-state index contributed by atoms with van der Waals surface area (Å²) in [5.74, 6) is 0.769. The maximum absolute atomic E-state index is 9.98. The van der Waals surface area contributed by atoms with E-state index in [9.17, 15) is 4.79 Å². The highest BCUT2D eigenvalue weighted by Gasteiger charge is 2.01. The minimum Gasteiger partial charge on any atom is -0.465 e. The minimum absolute atomic E-state index is 0.136. The summed E-state index contributed by atoms with van der Waals surface area (Å²) in [5.41, 5.74) is 0.971. The summed E-state index contributed by atoms with van der Waals surface area (Å²) in [6, 6.07) is 3.52. The molecule has 1 aromatic heterocycles. The summed E-state index contributed by atoms with van der Waals surface area (Å²) in [7, 11) is 0. The molecule has 0 amide bonds. The average Bonchev–Trinajstić information content (AvgIpc) is 2.57. The first kappa shape index (κ1) is 9.49. The summed E-state index contributed by atoms with van der Waals surface area (Å²) < 4.78 is 5.12. The van der Waals surface area contributed by atoms with Crippen molar-refractivity contribution in [2.24, 2.45) is 4.99 Å². The Kier molecular flexibility index (Phi) is 3.23. The van der Waals surface area contributed by atoms with Crippen LogP contribution in [-0.2, 0) is 4.79 Å². The van der Waals surface area contributed by atoms with Crippen molar-refractivity contribution < 1.29 is 9.21 Å². The summed E-state index contributed by atoms with van der Waals surface area (Å²) >= 11 is 0. The monoisotopic (exact) mass is 177 g/mol. The second-order valence-electron chi connectivity index (χ2n) is 2.80. The van der Waals surface area contributed by atoms with Gasteiger partial charge in [0.15, 0.2) is 0 Å². The Balaban J connectivity index is 2.77. The van der Waals surface area contributed by atoms with E-state index in [1.165, 1.54) is 6.08 Å². The number of aliphatic imine (C=N–C) groups is 1. The first-order valence-electron chi connectivity index (χ1n) is 4.02. The van der Waals surface area contributed by atoms with Crippen LogP contribution in [0.4, 0.5) is 0 Å². The Hall–Kier alpha value is -1.60. The molecule has 0 aliphatic carbocycles. The predicted molar refractivity (Wildman–Crippen MR) is 49.9 cm³/mol. The van der Waals surface area contributed by atoms with Gasteiger partial charge in [0.2, 0.25) is 6.08 Å². The molecule has 0 aromatic carbocycles. The molecular formula is C10H11NO2. The Morgan fingerprint density at radius 1 is 1.77 bits per heavy atom. The maximum Gasteiger partial charge on any atom is 0.235 e. The van der Waals surface area contributed by atoms with Crippen LogP contribution in [-0.4, -0.2) is 12.1 Å². The molecule has 1 unspecified atom stereocenters. The molecule has 0 N–H and O–H groups in total. The average molecular weight is 177 g/mol. The molecule has 1 rings (SSSR count). The van der Waals surface area contributed by atoms with Crippen molar-refractivity contribution in [1.29, 1.82) is 0 Å². The highest BCUT2D eigenvalue weighted by Crippen LogP contribution is 2.11. The van der Waals surface area contributed by atoms with Gasteiger partial charge >= 0.3 is 0 Å². The highest BCUT2D eigenvalue weighted by molar-refractivity contribution is 5.49. The topological polar surface area (TPSA) is 42.6 Å². The Morgan fingerprint density at radius 2 is 2.54 bits per heavy atom. The van der Waals surface area contributed by atoms with Crippen LogP contribution in [0.1, 0.15) is 19.6 Å². The van der Waals surface area contributed by atoms with Crippen LogP contribution < -0.4 is 0 Å². The van der Waals surface area contributed by atoms with Gasteiger partial charge in [-0.05, 0) is 37.6 Å². The van der Waals surface area contributed by atoms with Gasteiger partial charge in [-0.2, -0.15) is 4.99 Å². The lowest BCUT2D eigenvalue weighted by molar-refractivity contribution is 0.555. The molecular weight excluding hydrogens is 166 g/mol. The quantitative estimate of drug-likeness (QED) is 0.525. The van der Waals surface area contributed by atoms with E-state index in [-0.39, 0.29) is 6.04 Å². The van der Waals surface area contributed by atoms with Gasteiger partial charge in [-0.3, -0.25) is 0 Å². The molecule has 0 spiro atoms. The Labute approximate surface area is 76.8 Å². The van der Waals surface area contributed by atoms with Crippen molar-refractivity contribution in [3.8, 4) is 0 Å². The minimum atomic E-state index is -0.136. The SMILES string of the molecule is C/C(=C\c1ccco1)C(C)N=C=O. The van der Waals surface area contributed by atoms with Gasteiger partial charge < -0.3 is 4.42 Å². The van der Waals surface area contributed by atoms with Crippen molar-refractivity contribution in [3.05, 3.63) is 29.7 Å². The van der Waals surface area contributed by atoms with Gasteiger partial charge in [0.25, 0.3) is 0 Å². The molecule has 3 nitrogen and oxygen atoms in total. The van der Waals surface area contributed by atoms with Gasteiger partial charge in [-0.15, -0.1) is 0 Å². The van der Waals surface area contributed by atoms with Gasteiger partial charge in [-0.1, -0.05) is 0 Å². The third-order valence-corrected chi connectivity index (χ3v) is 1.82. The van der Waals surface area contributed by atoms with Crippen LogP contribution in [0.15, 0.2) is 33.4 Å². The smallest absolute Gasteiger partial charge is 0.235 e. The molecule has 13 heavy (non-hydrogen) atoms. The van der Waals surface area contributed by atoms with E-state index in [4.69, 9.17) is 4.42 Å². The third kappa shape index (κ3) is 2.73. The fourth-order valence-corrected chi connectivity index (χ4v) is 0.899. The molecule has 1 atom stereocenters. The summed E-state index contributed by atoms with van der Waals surface area (Å²) in [6.45, 7) is 3.73. The number of hydrogen-bond acceptors (Lipinski definition) is 3. The van der Waals surface area contributed by atoms with Gasteiger partial charge in [-0.25, -0.2) is 4.79 Å². The number of rotatable bonds is 3. The van der Waals surface area contributed by atoms with E-state index in [1.807, 2.05) is 32.1 Å². The Morgan fingerprint density at radius 3 is 3.08 bits per heavy atom. The second kappa shape index (κ2) is 4.43. The summed E-state index contributed by atoms with van der Waals surface area (Å²) in [6.07, 6.45) is 4.99. The van der Waals surface area contributed by atoms with Gasteiger partial charge in [0, 0.05) is 0 Å². The normalized spacial score (nSPS) is 13.5. The van der Waals surface area contributed by atoms with Crippen molar-refractivity contribution in [1.82, 2.24) is 0 Å². The standard InChI is InChI=1S/C10H11NO2/c1-8(9(2)11-7-12)6-10-4-3-5-13-10/h3-6,9H,1-2H3/b8-6+. The van der Waals surface area contributed by atoms with E-state index in [2.05, 4.69) is 4.99 Å². The van der Waals surface area contributed by atoms with E-state index >= 15 is 0 Å². The lowest BCUT2D eigenvalue weighted by atomic mass is 10.1. The largest absolute Gasteiger partial charge is 0.465 e. The lowest BCUT2D eigenvalue weighted by Gasteiger charge is -2.02. The van der Waals surface area contributed by atoms with Crippen molar-refractivity contribution in [3.63, 3.8) is 0 Å². The van der Waals surface area contributed by atoms with E-state index in [0.717, 1.165) is 11.3 Å². The molecule has 68 valence electrons. The van der Waals surface area contributed by atoms with Crippen LogP contribution in [0.25, 0.3) is 6.08 Å². The molecule has 0 radical (unpaired) electrons. The van der Waals surface area contributed by atoms with Gasteiger partial charge in [0.05, 0.1) is 12.3 Å². The maximum atomic E-state index is 9.98. The zero-order valence-corrected chi connectivity index (χ0v) is 7.65. The molecule has 1 heterocycles. The van der Waals surface area contributed by atoms with Crippen molar-refractivity contribution >= 4 is 12.2 Å². The number of nitrogens with zero attached hydrogens (tertiary/aromatic N) is 1. The second-order valence-corrected chi connectivity index (χ2v) is 2.80. The fraction of sp³-hybridized carbons (Fsp3) is 0.300. The van der Waals surface area contributed by atoms with Crippen molar-refractivity contribution in [2.75, 3.05) is 0 Å². The Bertz CT molecular complexity index is 332. The molecule has 0 aliphatic heterocycles. The first-order chi connectivity index (χ1) is 6.24. The zero-order chi connectivity index (χ0) is 9.68. The summed E-state index contributed by atoms with van der Waals surface area (Å²) in [5, 5.41) is 0. The summed E-state index contributed by atoms with van der Waals surface area (Å²) in [4.78, 5) is 13.6. The molecule has 0 aliphatic rings. The van der Waals surface area contributed by atoms with Crippen molar-refractivity contribution in [2.45, 2.75) is 19.9 Å². The van der Waals surface area contributed by atoms with Crippen LogP contribution in [0, 0.1) is 0 Å². The molecule has 1 aromatic rings.